The maximum Gasteiger partial charge on any atom is 0.367 e. The van der Waals surface area contributed by atoms with Gasteiger partial charge in [0.1, 0.15) is 5.76 Å². The molecule has 0 saturated heterocycles. The summed E-state index contributed by atoms with van der Waals surface area (Å²) in [5, 5.41) is 10.8. The van der Waals surface area contributed by atoms with E-state index in [0.29, 0.717) is 11.7 Å². The van der Waals surface area contributed by atoms with Crippen LogP contribution in [0.15, 0.2) is 49.8 Å². The smallest absolute Gasteiger partial charge is 0.367 e. The van der Waals surface area contributed by atoms with Gasteiger partial charge in [-0.1, -0.05) is 6.07 Å². The lowest BCUT2D eigenvalue weighted by atomic mass is 10.1. The van der Waals surface area contributed by atoms with Gasteiger partial charge in [-0.2, -0.15) is 8.42 Å². The predicted octanol–water partition coefficient (Wildman–Crippen LogP) is 2.26. The summed E-state index contributed by atoms with van der Waals surface area (Å²) in [4.78, 5) is 16.9. The van der Waals surface area contributed by atoms with Crippen LogP contribution in [-0.4, -0.2) is 69.1 Å². The number of phenolic OH excluding ortho intramolecular Hbond substituents is 1. The fraction of sp³-hybridized carbons (Fsp3) is 0.381. The molecule has 1 fully saturated rings. The molecule has 11 heteroatoms. The summed E-state index contributed by atoms with van der Waals surface area (Å²) in [5.41, 5.74) is 0.328. The minimum Gasteiger partial charge on any atom is -0.505 e. The summed E-state index contributed by atoms with van der Waals surface area (Å²) in [6.45, 7) is 0. The van der Waals surface area contributed by atoms with Gasteiger partial charge in [0, 0.05) is 28.2 Å². The van der Waals surface area contributed by atoms with Crippen molar-refractivity contribution in [1.82, 2.24) is 9.80 Å². The highest BCUT2D eigenvalue weighted by molar-refractivity contribution is 7.89. The summed E-state index contributed by atoms with van der Waals surface area (Å²) in [7, 11) is 2.39. The van der Waals surface area contributed by atoms with Crippen molar-refractivity contribution in [3.05, 3.63) is 47.9 Å². The van der Waals surface area contributed by atoms with E-state index in [-0.39, 0.29) is 40.6 Å². The predicted molar refractivity (Wildman–Crippen MR) is 120 cm³/mol. The lowest BCUT2D eigenvalue weighted by molar-refractivity contribution is 0.0824. The number of benzene rings is 1. The maximum atomic E-state index is 12.4. The zero-order valence-corrected chi connectivity index (χ0v) is 19.1. The highest BCUT2D eigenvalue weighted by Crippen LogP contribution is 2.45. The van der Waals surface area contributed by atoms with Crippen LogP contribution in [0.1, 0.15) is 35.0 Å². The van der Waals surface area contributed by atoms with E-state index in [1.54, 1.807) is 57.6 Å². The first-order chi connectivity index (χ1) is 15.1. The van der Waals surface area contributed by atoms with Crippen LogP contribution in [-0.2, 0) is 10.2 Å². The molecule has 0 radical (unpaired) electrons. The van der Waals surface area contributed by atoms with Gasteiger partial charge in [-0.15, -0.1) is 8.80 Å². The van der Waals surface area contributed by atoms with E-state index in [1.165, 1.54) is 15.9 Å². The topological polar surface area (TPSA) is 119 Å². The number of aromatic hydroxyl groups is 1. The monoisotopic (exact) mass is 459 g/mol. The van der Waals surface area contributed by atoms with Crippen molar-refractivity contribution in [3.8, 4) is 5.75 Å². The number of likely N-dealkylation sites (N-methyl/N-ethyl adjacent to an activating group) is 2. The van der Waals surface area contributed by atoms with Crippen LogP contribution in [0.3, 0.4) is 0 Å². The molecule has 1 aliphatic carbocycles. The standard InChI is InChI=1S/C21H25N5O5S/c1-24(2)21(28)14-7-5-8-15(18(14)27)25(3)19-20(23-32(29,30)22-19)26(4)17(13-10-11-13)16-9-6-12-31-16/h5-9,12-13,17,27H,10-11H2,1-4H3/t17-/m1/s1. The van der Waals surface area contributed by atoms with Gasteiger partial charge < -0.3 is 24.2 Å². The lowest BCUT2D eigenvalue weighted by Gasteiger charge is -2.31. The van der Waals surface area contributed by atoms with Crippen LogP contribution >= 0.6 is 0 Å². The van der Waals surface area contributed by atoms with E-state index in [1.807, 2.05) is 6.07 Å². The van der Waals surface area contributed by atoms with E-state index in [4.69, 9.17) is 4.42 Å². The molecule has 10 nitrogen and oxygen atoms in total. The van der Waals surface area contributed by atoms with E-state index >= 15 is 0 Å². The molecule has 1 atom stereocenters. The van der Waals surface area contributed by atoms with E-state index in [9.17, 15) is 18.3 Å². The molecule has 0 spiro atoms. The number of nitrogens with zero attached hydrogens (tertiary/aromatic N) is 5. The van der Waals surface area contributed by atoms with Gasteiger partial charge in [0.05, 0.1) is 23.6 Å². The number of amides is 1. The second-order valence-electron chi connectivity index (χ2n) is 8.12. The Balaban J connectivity index is 1.72. The number of para-hydroxylation sites is 1. The minimum atomic E-state index is -4.10. The maximum absolute atomic E-state index is 12.4. The summed E-state index contributed by atoms with van der Waals surface area (Å²) >= 11 is 0. The van der Waals surface area contributed by atoms with Crippen molar-refractivity contribution >= 4 is 33.5 Å². The van der Waals surface area contributed by atoms with Crippen molar-refractivity contribution in [2.75, 3.05) is 33.1 Å². The molecule has 170 valence electrons. The van der Waals surface area contributed by atoms with Crippen LogP contribution in [0, 0.1) is 5.92 Å². The number of hydrogen-bond acceptors (Lipinski definition) is 7. The molecular formula is C21H25N5O5S. The molecule has 4 rings (SSSR count). The molecule has 0 unspecified atom stereocenters. The van der Waals surface area contributed by atoms with Gasteiger partial charge in [0.15, 0.2) is 17.4 Å². The summed E-state index contributed by atoms with van der Waals surface area (Å²) in [6.07, 6.45) is 3.57. The van der Waals surface area contributed by atoms with E-state index in [2.05, 4.69) is 8.80 Å². The Morgan fingerprint density at radius 2 is 1.78 bits per heavy atom. The Morgan fingerprint density at radius 3 is 2.38 bits per heavy atom. The fourth-order valence-electron chi connectivity index (χ4n) is 3.83. The van der Waals surface area contributed by atoms with Crippen LogP contribution in [0.4, 0.5) is 5.69 Å². The van der Waals surface area contributed by atoms with E-state index < -0.39 is 10.2 Å². The average Bonchev–Trinajstić information content (AvgIpc) is 3.30. The molecule has 1 aromatic carbocycles. The average molecular weight is 460 g/mol. The first-order valence-electron chi connectivity index (χ1n) is 10.1. The number of phenols is 1. The molecular weight excluding hydrogens is 434 g/mol. The molecule has 1 N–H and O–H groups in total. The quantitative estimate of drug-likeness (QED) is 0.728. The molecule has 1 aromatic heterocycles. The SMILES string of the molecule is CN(C)C(=O)c1cccc(N(C)C2=NS(=O)(=O)N=C2N(C)[C@@H](c2ccco2)C2CC2)c1O. The summed E-state index contributed by atoms with van der Waals surface area (Å²) < 4.78 is 38.0. The largest absolute Gasteiger partial charge is 0.505 e. The van der Waals surface area contributed by atoms with Crippen LogP contribution in [0.5, 0.6) is 5.75 Å². The Morgan fingerprint density at radius 1 is 1.09 bits per heavy atom. The second-order valence-corrected chi connectivity index (χ2v) is 9.38. The number of hydrogen-bond donors (Lipinski definition) is 1. The number of carbonyl (C=O) groups is 1. The highest BCUT2D eigenvalue weighted by atomic mass is 32.2. The molecule has 1 aliphatic heterocycles. The number of furan rings is 1. The number of carbonyl (C=O) groups excluding carboxylic acids is 1. The Kier molecular flexibility index (Phi) is 5.45. The van der Waals surface area contributed by atoms with Crippen molar-refractivity contribution in [3.63, 3.8) is 0 Å². The Hall–Kier alpha value is -3.34. The molecule has 2 aromatic rings. The number of rotatable bonds is 5. The van der Waals surface area contributed by atoms with Gasteiger partial charge in [-0.05, 0) is 43.0 Å². The highest BCUT2D eigenvalue weighted by Gasteiger charge is 2.42. The summed E-state index contributed by atoms with van der Waals surface area (Å²) in [6, 6.07) is 8.14. The van der Waals surface area contributed by atoms with Gasteiger partial charge >= 0.3 is 10.2 Å². The molecule has 0 bridgehead atoms. The number of amidine groups is 2. The first-order valence-corrected chi connectivity index (χ1v) is 11.5. The van der Waals surface area contributed by atoms with Crippen LogP contribution in [0.2, 0.25) is 0 Å². The Labute approximate surface area is 186 Å². The molecule has 1 saturated carbocycles. The first kappa shape index (κ1) is 21.9. The third-order valence-electron chi connectivity index (χ3n) is 5.59. The van der Waals surface area contributed by atoms with Crippen LogP contribution in [0.25, 0.3) is 0 Å². The minimum absolute atomic E-state index is 0.0504. The van der Waals surface area contributed by atoms with Gasteiger partial charge in [0.2, 0.25) is 0 Å². The van der Waals surface area contributed by atoms with E-state index in [0.717, 1.165) is 12.8 Å². The number of anilines is 1. The molecule has 2 heterocycles. The van der Waals surface area contributed by atoms with Crippen molar-refractivity contribution in [2.24, 2.45) is 14.7 Å². The van der Waals surface area contributed by atoms with Crippen molar-refractivity contribution in [1.29, 1.82) is 0 Å². The molecule has 32 heavy (non-hydrogen) atoms. The fourth-order valence-corrected chi connectivity index (χ4v) is 4.72. The van der Waals surface area contributed by atoms with Crippen molar-refractivity contribution < 1.29 is 22.7 Å². The van der Waals surface area contributed by atoms with Crippen molar-refractivity contribution in [2.45, 2.75) is 18.9 Å². The Bertz CT molecular complexity index is 1200. The molecule has 2 aliphatic rings. The van der Waals surface area contributed by atoms with Gasteiger partial charge in [0.25, 0.3) is 5.91 Å². The van der Waals surface area contributed by atoms with Crippen LogP contribution < -0.4 is 4.90 Å². The van der Waals surface area contributed by atoms with Gasteiger partial charge in [-0.3, -0.25) is 4.79 Å². The third kappa shape index (κ3) is 3.95. The zero-order valence-electron chi connectivity index (χ0n) is 18.3. The summed E-state index contributed by atoms with van der Waals surface area (Å²) in [5.74, 6) is 0.561. The van der Waals surface area contributed by atoms with Gasteiger partial charge in [-0.25, -0.2) is 0 Å². The zero-order chi connectivity index (χ0) is 23.2. The normalized spacial score (nSPS) is 18.0. The third-order valence-corrected chi connectivity index (χ3v) is 6.40. The molecule has 1 amide bonds. The lowest BCUT2D eigenvalue weighted by Crippen LogP contribution is -2.43. The second kappa shape index (κ2) is 7.97.